The number of amides is 1. The summed E-state index contributed by atoms with van der Waals surface area (Å²) in [6.07, 6.45) is 2.93. The lowest BCUT2D eigenvalue weighted by atomic mass is 9.98. The predicted molar refractivity (Wildman–Crippen MR) is 121 cm³/mol. The van der Waals surface area contributed by atoms with Gasteiger partial charge in [-0.1, -0.05) is 22.9 Å². The molecular formula is C21H16ClF3N6O2S. The Balaban J connectivity index is 1.84. The molecular weight excluding hydrogens is 493 g/mol. The largest absolute Gasteiger partial charge is 0.496 e. The van der Waals surface area contributed by atoms with Crippen molar-refractivity contribution in [2.75, 3.05) is 12.4 Å². The summed E-state index contributed by atoms with van der Waals surface area (Å²) in [7, 11) is 3.07. The van der Waals surface area contributed by atoms with Gasteiger partial charge in [-0.25, -0.2) is 4.39 Å². The van der Waals surface area contributed by atoms with Gasteiger partial charge in [-0.15, -0.1) is 10.2 Å². The number of nitrogens with zero attached hydrogens (tertiary/aromatic N) is 5. The molecule has 34 heavy (non-hydrogen) atoms. The molecule has 1 amide bonds. The second kappa shape index (κ2) is 9.03. The van der Waals surface area contributed by atoms with E-state index in [2.05, 4.69) is 25.6 Å². The Morgan fingerprint density at radius 1 is 1.24 bits per heavy atom. The van der Waals surface area contributed by atoms with E-state index in [1.165, 1.54) is 31.5 Å². The summed E-state index contributed by atoms with van der Waals surface area (Å²) in [6.45, 7) is 0.672. The zero-order valence-corrected chi connectivity index (χ0v) is 19.5. The van der Waals surface area contributed by atoms with Gasteiger partial charge in [0.15, 0.2) is 10.8 Å². The molecule has 4 aromatic rings. The lowest BCUT2D eigenvalue weighted by Crippen LogP contribution is -2.14. The fourth-order valence-electron chi connectivity index (χ4n) is 3.10. The van der Waals surface area contributed by atoms with Gasteiger partial charge >= 0.3 is 0 Å². The number of nitrogens with one attached hydrogen (secondary N) is 1. The first-order valence-electron chi connectivity index (χ1n) is 9.64. The molecule has 8 nitrogen and oxygen atoms in total. The van der Waals surface area contributed by atoms with E-state index in [9.17, 15) is 13.6 Å². The van der Waals surface area contributed by atoms with E-state index >= 15 is 4.39 Å². The monoisotopic (exact) mass is 508 g/mol. The van der Waals surface area contributed by atoms with Crippen LogP contribution in [-0.2, 0) is 13.0 Å². The van der Waals surface area contributed by atoms with Gasteiger partial charge in [0, 0.05) is 31.9 Å². The van der Waals surface area contributed by atoms with Crippen LogP contribution in [0.5, 0.6) is 5.75 Å². The quantitative estimate of drug-likeness (QED) is 0.386. The zero-order chi connectivity index (χ0) is 24.6. The van der Waals surface area contributed by atoms with Gasteiger partial charge in [-0.05, 0) is 24.3 Å². The Morgan fingerprint density at radius 2 is 2.00 bits per heavy atom. The molecule has 3 heterocycles. The number of hydrogen-bond donors (Lipinski definition) is 1. The topological polar surface area (TPSA) is 94.8 Å². The number of carbonyl (C=O) groups excluding carboxylic acids is 1. The Morgan fingerprint density at radius 3 is 2.62 bits per heavy atom. The molecule has 4 rings (SSSR count). The van der Waals surface area contributed by atoms with Gasteiger partial charge in [0.1, 0.15) is 11.4 Å². The summed E-state index contributed by atoms with van der Waals surface area (Å²) in [6, 6.07) is 5.96. The summed E-state index contributed by atoms with van der Waals surface area (Å²) in [5.74, 6) is -4.66. The number of carbonyl (C=O) groups is 1. The highest BCUT2D eigenvalue weighted by Crippen LogP contribution is 2.39. The van der Waals surface area contributed by atoms with Crippen molar-refractivity contribution < 1.29 is 22.7 Å². The van der Waals surface area contributed by atoms with Gasteiger partial charge in [-0.2, -0.15) is 13.9 Å². The second-order valence-corrected chi connectivity index (χ2v) is 8.57. The van der Waals surface area contributed by atoms with Crippen molar-refractivity contribution in [3.8, 4) is 28.3 Å². The molecule has 3 aromatic heterocycles. The van der Waals surface area contributed by atoms with Gasteiger partial charge in [0.05, 0.1) is 29.0 Å². The summed E-state index contributed by atoms with van der Waals surface area (Å²) >= 11 is 6.53. The van der Waals surface area contributed by atoms with Crippen LogP contribution in [0, 0.1) is 5.82 Å². The maximum absolute atomic E-state index is 15.2. The first kappa shape index (κ1) is 23.6. The SMILES string of the molecule is COc1ccc(Cl)c(F)c1-c1cc(-c2ccn(C)n2)ncc1C(=O)Nc1nnc(C(C)(F)F)s1. The fourth-order valence-corrected chi connectivity index (χ4v) is 3.93. The molecule has 0 aliphatic heterocycles. The van der Waals surface area contributed by atoms with Crippen LogP contribution in [0.15, 0.2) is 36.7 Å². The minimum Gasteiger partial charge on any atom is -0.496 e. The molecule has 0 spiro atoms. The summed E-state index contributed by atoms with van der Waals surface area (Å²) in [5, 5.41) is 12.8. The highest BCUT2D eigenvalue weighted by atomic mass is 35.5. The minimum atomic E-state index is -3.21. The van der Waals surface area contributed by atoms with Crippen LogP contribution in [-0.4, -0.2) is 38.0 Å². The first-order valence-corrected chi connectivity index (χ1v) is 10.8. The minimum absolute atomic E-state index is 0.0702. The van der Waals surface area contributed by atoms with Crippen LogP contribution in [0.2, 0.25) is 5.02 Å². The van der Waals surface area contributed by atoms with Crippen molar-refractivity contribution in [1.29, 1.82) is 0 Å². The first-order chi connectivity index (χ1) is 16.1. The van der Waals surface area contributed by atoms with E-state index in [0.717, 1.165) is 0 Å². The molecule has 0 unspecified atom stereocenters. The van der Waals surface area contributed by atoms with Crippen molar-refractivity contribution in [1.82, 2.24) is 25.0 Å². The standard InChI is InChI=1S/C21H16ClF3N6O2S/c1-21(24,25)19-28-29-20(34-19)27-18(32)11-9-26-14(13-6-7-31(2)30-13)8-10(11)16-15(33-3)5-4-12(22)17(16)23/h4-9H,1-3H3,(H,27,29,32). The van der Waals surface area contributed by atoms with E-state index in [1.54, 1.807) is 24.0 Å². The number of alkyl halides is 2. The van der Waals surface area contributed by atoms with Crippen molar-refractivity contribution in [2.45, 2.75) is 12.8 Å². The number of aryl methyl sites for hydroxylation is 1. The number of rotatable bonds is 6. The second-order valence-electron chi connectivity index (χ2n) is 7.18. The Hall–Kier alpha value is -3.51. The van der Waals surface area contributed by atoms with E-state index in [-0.39, 0.29) is 32.6 Å². The molecule has 0 radical (unpaired) electrons. The molecule has 0 saturated heterocycles. The molecule has 0 saturated carbocycles. The number of ether oxygens (including phenoxy) is 1. The molecule has 176 valence electrons. The van der Waals surface area contributed by atoms with Crippen LogP contribution >= 0.6 is 22.9 Å². The summed E-state index contributed by atoms with van der Waals surface area (Å²) < 4.78 is 49.1. The predicted octanol–water partition coefficient (Wildman–Crippen LogP) is 5.17. The third-order valence-electron chi connectivity index (χ3n) is 4.69. The molecule has 0 bridgehead atoms. The Kier molecular flexibility index (Phi) is 6.28. The normalized spacial score (nSPS) is 11.5. The van der Waals surface area contributed by atoms with Gasteiger partial charge in [0.25, 0.3) is 11.8 Å². The zero-order valence-electron chi connectivity index (χ0n) is 17.9. The molecule has 0 fully saturated rings. The molecule has 0 aliphatic carbocycles. The highest BCUT2D eigenvalue weighted by molar-refractivity contribution is 7.15. The van der Waals surface area contributed by atoms with Gasteiger partial charge < -0.3 is 4.74 Å². The van der Waals surface area contributed by atoms with E-state index in [0.29, 0.717) is 29.6 Å². The third-order valence-corrected chi connectivity index (χ3v) is 5.99. The molecule has 13 heteroatoms. The number of hydrogen-bond acceptors (Lipinski definition) is 7. The smallest absolute Gasteiger partial charge is 0.298 e. The van der Waals surface area contributed by atoms with E-state index in [4.69, 9.17) is 16.3 Å². The van der Waals surface area contributed by atoms with Crippen molar-refractivity contribution in [2.24, 2.45) is 7.05 Å². The fraction of sp³-hybridized carbons (Fsp3) is 0.190. The number of pyridine rings is 1. The summed E-state index contributed by atoms with van der Waals surface area (Å²) in [5.41, 5.74) is 0.806. The van der Waals surface area contributed by atoms with Gasteiger partial charge in [-0.3, -0.25) is 19.8 Å². The Bertz CT molecular complexity index is 1390. The van der Waals surface area contributed by atoms with Crippen LogP contribution in [0.1, 0.15) is 22.3 Å². The van der Waals surface area contributed by atoms with E-state index < -0.39 is 22.7 Å². The van der Waals surface area contributed by atoms with Crippen LogP contribution in [0.4, 0.5) is 18.3 Å². The number of benzene rings is 1. The maximum Gasteiger partial charge on any atom is 0.298 e. The average molecular weight is 509 g/mol. The Labute approximate surface area is 200 Å². The molecule has 0 aliphatic rings. The van der Waals surface area contributed by atoms with Crippen molar-refractivity contribution in [3.63, 3.8) is 0 Å². The lowest BCUT2D eigenvalue weighted by Gasteiger charge is -2.15. The van der Waals surface area contributed by atoms with E-state index in [1.807, 2.05) is 0 Å². The highest BCUT2D eigenvalue weighted by Gasteiger charge is 2.30. The maximum atomic E-state index is 15.2. The summed E-state index contributed by atoms with van der Waals surface area (Å²) in [4.78, 5) is 17.4. The lowest BCUT2D eigenvalue weighted by molar-refractivity contribution is 0.0165. The average Bonchev–Trinajstić information content (AvgIpc) is 3.44. The number of anilines is 1. The molecule has 1 N–H and O–H groups in total. The van der Waals surface area contributed by atoms with Crippen LogP contribution in [0.3, 0.4) is 0 Å². The molecule has 0 atom stereocenters. The van der Waals surface area contributed by atoms with Crippen LogP contribution in [0.25, 0.3) is 22.5 Å². The third kappa shape index (κ3) is 4.59. The van der Waals surface area contributed by atoms with Gasteiger partial charge in [0.2, 0.25) is 5.13 Å². The van der Waals surface area contributed by atoms with Crippen molar-refractivity contribution in [3.05, 3.63) is 58.1 Å². The van der Waals surface area contributed by atoms with Crippen molar-refractivity contribution >= 4 is 34.0 Å². The van der Waals surface area contributed by atoms with Crippen LogP contribution < -0.4 is 10.1 Å². The number of halogens is 4. The number of aromatic nitrogens is 5. The number of methoxy groups -OCH3 is 1. The molecule has 1 aromatic carbocycles.